The van der Waals surface area contributed by atoms with Gasteiger partial charge in [0.15, 0.2) is 0 Å². The molecule has 0 spiro atoms. The second-order valence-corrected chi connectivity index (χ2v) is 5.93. The molecular weight excluding hydrogens is 276 g/mol. The maximum absolute atomic E-state index is 12.5. The van der Waals surface area contributed by atoms with Gasteiger partial charge in [-0.3, -0.25) is 9.48 Å². The molecule has 0 radical (unpaired) electrons. The highest BCUT2D eigenvalue weighted by Gasteiger charge is 2.13. The summed E-state index contributed by atoms with van der Waals surface area (Å²) >= 11 is 0. The minimum Gasteiger partial charge on any atom is -0.267 e. The van der Waals surface area contributed by atoms with Gasteiger partial charge in [-0.05, 0) is 30.9 Å². The van der Waals surface area contributed by atoms with E-state index >= 15 is 0 Å². The zero-order chi connectivity index (χ0) is 15.9. The molecule has 0 aliphatic carbocycles. The molecule has 2 aromatic heterocycles. The second-order valence-electron chi connectivity index (χ2n) is 5.93. The zero-order valence-corrected chi connectivity index (χ0v) is 13.4. The first-order valence-corrected chi connectivity index (χ1v) is 7.49. The predicted octanol–water partition coefficient (Wildman–Crippen LogP) is 2.68. The van der Waals surface area contributed by atoms with Crippen LogP contribution >= 0.6 is 0 Å². The van der Waals surface area contributed by atoms with Gasteiger partial charge in [0, 0.05) is 6.07 Å². The van der Waals surface area contributed by atoms with Gasteiger partial charge < -0.3 is 0 Å². The minimum atomic E-state index is -0.0807. The van der Waals surface area contributed by atoms with E-state index in [0.29, 0.717) is 12.3 Å². The Labute approximate surface area is 129 Å². The molecule has 0 N–H and O–H groups in total. The van der Waals surface area contributed by atoms with Gasteiger partial charge in [0.1, 0.15) is 5.82 Å². The normalized spacial score (nSPS) is 11.5. The zero-order valence-electron chi connectivity index (χ0n) is 13.4. The van der Waals surface area contributed by atoms with Gasteiger partial charge in [-0.25, -0.2) is 4.98 Å². The van der Waals surface area contributed by atoms with Crippen molar-refractivity contribution in [3.63, 3.8) is 0 Å². The molecule has 0 fully saturated rings. The summed E-state index contributed by atoms with van der Waals surface area (Å²) in [6.07, 6.45) is 0. The van der Waals surface area contributed by atoms with E-state index in [-0.39, 0.29) is 11.5 Å². The van der Waals surface area contributed by atoms with Crippen LogP contribution in [0.2, 0.25) is 0 Å². The minimum absolute atomic E-state index is 0.0807. The van der Waals surface area contributed by atoms with E-state index in [1.54, 1.807) is 10.6 Å². The smallest absolute Gasteiger partial charge is 0.267 e. The van der Waals surface area contributed by atoms with Crippen LogP contribution in [-0.2, 0) is 6.54 Å². The third kappa shape index (κ3) is 2.43. The number of rotatable bonds is 3. The van der Waals surface area contributed by atoms with Crippen LogP contribution in [0.5, 0.6) is 0 Å². The van der Waals surface area contributed by atoms with Gasteiger partial charge in [0.2, 0.25) is 0 Å². The van der Waals surface area contributed by atoms with Crippen molar-refractivity contribution < 1.29 is 0 Å². The van der Waals surface area contributed by atoms with Crippen molar-refractivity contribution in [2.45, 2.75) is 40.2 Å². The van der Waals surface area contributed by atoms with E-state index < -0.39 is 0 Å². The Balaban J connectivity index is 2.17. The van der Waals surface area contributed by atoms with Crippen molar-refractivity contribution in [1.29, 1.82) is 0 Å². The molecule has 0 saturated heterocycles. The fraction of sp³-hybridized carbons (Fsp3) is 0.353. The van der Waals surface area contributed by atoms with Crippen LogP contribution in [0.3, 0.4) is 0 Å². The molecule has 5 nitrogen and oxygen atoms in total. The van der Waals surface area contributed by atoms with E-state index in [9.17, 15) is 4.79 Å². The van der Waals surface area contributed by atoms with Gasteiger partial charge in [-0.2, -0.15) is 9.50 Å². The molecule has 2 heterocycles. The van der Waals surface area contributed by atoms with Gasteiger partial charge in [-0.1, -0.05) is 38.1 Å². The van der Waals surface area contributed by atoms with Crippen molar-refractivity contribution in [1.82, 2.24) is 19.2 Å². The van der Waals surface area contributed by atoms with Gasteiger partial charge in [0.05, 0.1) is 12.2 Å². The van der Waals surface area contributed by atoms with Gasteiger partial charge >= 0.3 is 0 Å². The Hall–Kier alpha value is -2.43. The fourth-order valence-corrected chi connectivity index (χ4v) is 2.56. The van der Waals surface area contributed by atoms with E-state index in [1.165, 1.54) is 11.1 Å². The lowest BCUT2D eigenvalue weighted by molar-refractivity contribution is 0.596. The maximum atomic E-state index is 12.5. The van der Waals surface area contributed by atoms with Crippen molar-refractivity contribution in [3.8, 4) is 0 Å². The summed E-state index contributed by atoms with van der Waals surface area (Å²) in [6, 6.07) is 9.77. The summed E-state index contributed by atoms with van der Waals surface area (Å²) in [5.74, 6) is 1.47. The Morgan fingerprint density at radius 1 is 1.14 bits per heavy atom. The lowest BCUT2D eigenvalue weighted by atomic mass is 10.1. The molecule has 0 atom stereocenters. The summed E-state index contributed by atoms with van der Waals surface area (Å²) < 4.78 is 3.45. The summed E-state index contributed by atoms with van der Waals surface area (Å²) in [7, 11) is 0. The van der Waals surface area contributed by atoms with Crippen LogP contribution < -0.4 is 5.56 Å². The first-order valence-electron chi connectivity index (χ1n) is 7.49. The number of aryl methyl sites for hydroxylation is 2. The van der Waals surface area contributed by atoms with Crippen molar-refractivity contribution in [2.24, 2.45) is 0 Å². The summed E-state index contributed by atoms with van der Waals surface area (Å²) in [6.45, 7) is 8.63. The molecule has 114 valence electrons. The third-order valence-electron chi connectivity index (χ3n) is 3.95. The summed E-state index contributed by atoms with van der Waals surface area (Å²) in [5, 5.41) is 0. The van der Waals surface area contributed by atoms with Crippen LogP contribution in [0.4, 0.5) is 0 Å². The molecule has 22 heavy (non-hydrogen) atoms. The predicted molar refractivity (Wildman–Crippen MR) is 86.4 cm³/mol. The highest BCUT2D eigenvalue weighted by atomic mass is 16.1. The molecule has 1 aromatic carbocycles. The topological polar surface area (TPSA) is 52.2 Å². The number of hydrogen-bond acceptors (Lipinski definition) is 3. The summed E-state index contributed by atoms with van der Waals surface area (Å²) in [5.41, 5.74) is 3.07. The largest absolute Gasteiger partial charge is 0.274 e. The Bertz CT molecular complexity index is 889. The number of hydrogen-bond donors (Lipinski definition) is 0. The van der Waals surface area contributed by atoms with Crippen molar-refractivity contribution >= 4 is 5.78 Å². The molecule has 0 unspecified atom stereocenters. The lowest BCUT2D eigenvalue weighted by Gasteiger charge is -2.10. The quantitative estimate of drug-likeness (QED) is 0.746. The molecular formula is C17H20N4O. The molecule has 5 heteroatoms. The number of nitrogens with zero attached hydrogens (tertiary/aromatic N) is 4. The SMILES string of the molecule is Cc1ccccc1Cn1c(C)nc2nc(C(C)C)cc(=O)n21. The van der Waals surface area contributed by atoms with Crippen molar-refractivity contribution in [2.75, 3.05) is 0 Å². The van der Waals surface area contributed by atoms with Crippen LogP contribution in [0.25, 0.3) is 5.78 Å². The molecule has 3 rings (SSSR count). The first-order chi connectivity index (χ1) is 10.5. The van der Waals surface area contributed by atoms with Gasteiger partial charge in [0.25, 0.3) is 11.3 Å². The average molecular weight is 296 g/mol. The van der Waals surface area contributed by atoms with Crippen LogP contribution in [0.15, 0.2) is 35.1 Å². The number of benzene rings is 1. The van der Waals surface area contributed by atoms with Crippen molar-refractivity contribution in [3.05, 3.63) is 63.3 Å². The first kappa shape index (κ1) is 14.5. The molecule has 0 amide bonds. The standard InChI is InChI=1S/C17H20N4O/c1-11(2)15-9-16(22)21-17(19-15)18-13(4)20(21)10-14-8-6-5-7-12(14)3/h5-9,11H,10H2,1-4H3. The lowest BCUT2D eigenvalue weighted by Crippen LogP contribution is -2.23. The van der Waals surface area contributed by atoms with Gasteiger partial charge in [-0.15, -0.1) is 0 Å². The Morgan fingerprint density at radius 2 is 1.86 bits per heavy atom. The second kappa shape index (κ2) is 5.40. The maximum Gasteiger partial charge on any atom is 0.274 e. The average Bonchev–Trinajstić information content (AvgIpc) is 2.78. The molecule has 0 bridgehead atoms. The molecule has 0 aliphatic heterocycles. The molecule has 3 aromatic rings. The third-order valence-corrected chi connectivity index (χ3v) is 3.95. The highest BCUT2D eigenvalue weighted by Crippen LogP contribution is 2.13. The number of aromatic nitrogens is 4. The Kier molecular flexibility index (Phi) is 3.56. The fourth-order valence-electron chi connectivity index (χ4n) is 2.56. The Morgan fingerprint density at radius 3 is 2.55 bits per heavy atom. The van der Waals surface area contributed by atoms with E-state index in [4.69, 9.17) is 0 Å². The van der Waals surface area contributed by atoms with Crippen LogP contribution in [0.1, 0.15) is 42.4 Å². The monoisotopic (exact) mass is 296 g/mol. The van der Waals surface area contributed by atoms with Crippen LogP contribution in [-0.4, -0.2) is 19.2 Å². The van der Waals surface area contributed by atoms with E-state index in [2.05, 4.69) is 29.0 Å². The van der Waals surface area contributed by atoms with Crippen LogP contribution in [0, 0.1) is 13.8 Å². The number of fused-ring (bicyclic) bond motifs is 1. The molecule has 0 saturated carbocycles. The van der Waals surface area contributed by atoms with E-state index in [0.717, 1.165) is 11.5 Å². The van der Waals surface area contributed by atoms with E-state index in [1.807, 2.05) is 37.6 Å². The summed E-state index contributed by atoms with van der Waals surface area (Å²) in [4.78, 5) is 21.4. The highest BCUT2D eigenvalue weighted by molar-refractivity contribution is 5.31. The molecule has 0 aliphatic rings.